The molecule has 0 radical (unpaired) electrons. The van der Waals surface area contributed by atoms with E-state index in [0.717, 1.165) is 11.1 Å². The van der Waals surface area contributed by atoms with Crippen LogP contribution in [0.2, 0.25) is 0 Å². The molecule has 4 rings (SSSR count). The molecule has 2 N–H and O–H groups in total. The van der Waals surface area contributed by atoms with Crippen molar-refractivity contribution < 1.29 is 29.2 Å². The van der Waals surface area contributed by atoms with Gasteiger partial charge >= 0.3 is 5.54 Å². The number of methoxy groups -OCH3 is 2. The monoisotopic (exact) mass is 398 g/mol. The van der Waals surface area contributed by atoms with Crippen LogP contribution in [0.5, 0.6) is 23.0 Å². The van der Waals surface area contributed by atoms with Gasteiger partial charge in [-0.2, -0.15) is 0 Å². The molecule has 0 bridgehead atoms. The average molecular weight is 398 g/mol. The first-order chi connectivity index (χ1) is 13.9. The first-order valence-corrected chi connectivity index (χ1v) is 9.32. The zero-order valence-electron chi connectivity index (χ0n) is 16.6. The zero-order valence-corrected chi connectivity index (χ0v) is 16.6. The smallest absolute Gasteiger partial charge is 0.343 e. The number of hydrogen-bond acceptors (Lipinski definition) is 6. The lowest BCUT2D eigenvalue weighted by atomic mass is 9.71. The van der Waals surface area contributed by atoms with Crippen molar-refractivity contribution in [3.8, 4) is 29.6 Å². The van der Waals surface area contributed by atoms with Crippen LogP contribution in [0.15, 0.2) is 36.4 Å². The van der Waals surface area contributed by atoms with Gasteiger partial charge in [0.2, 0.25) is 0 Å². The van der Waals surface area contributed by atoms with Crippen molar-refractivity contribution in [2.24, 2.45) is 5.92 Å². The van der Waals surface area contributed by atoms with Crippen LogP contribution < -0.4 is 9.47 Å². The summed E-state index contributed by atoms with van der Waals surface area (Å²) < 4.78 is 22.9. The van der Waals surface area contributed by atoms with Crippen LogP contribution in [-0.4, -0.2) is 43.2 Å². The number of aromatic hydroxyl groups is 2. The topological polar surface area (TPSA) is 81.7 Å². The van der Waals surface area contributed by atoms with Crippen molar-refractivity contribution in [2.75, 3.05) is 27.4 Å². The molecular weight excluding hydrogens is 374 g/mol. The molecule has 2 aromatic carbocycles. The summed E-state index contributed by atoms with van der Waals surface area (Å²) in [5.74, 6) is 0.684. The Bertz CT molecular complexity index is 986. The van der Waals surface area contributed by atoms with Crippen molar-refractivity contribution in [2.45, 2.75) is 24.2 Å². The van der Waals surface area contributed by atoms with Gasteiger partial charge in [0.25, 0.3) is 6.57 Å². The molecule has 7 heteroatoms. The summed E-state index contributed by atoms with van der Waals surface area (Å²) in [5.41, 5.74) is -0.0591. The van der Waals surface area contributed by atoms with Crippen LogP contribution in [0.25, 0.3) is 4.85 Å². The lowest BCUT2D eigenvalue weighted by molar-refractivity contribution is -0.0415. The first kappa shape index (κ1) is 19.4. The summed E-state index contributed by atoms with van der Waals surface area (Å²) in [7, 11) is 3.00. The second kappa shape index (κ2) is 6.83. The van der Waals surface area contributed by atoms with E-state index in [1.807, 2.05) is 6.92 Å². The Balaban J connectivity index is 1.75. The Kier molecular flexibility index (Phi) is 4.56. The Labute approximate surface area is 169 Å². The van der Waals surface area contributed by atoms with Gasteiger partial charge in [0.15, 0.2) is 28.6 Å². The van der Waals surface area contributed by atoms with Crippen molar-refractivity contribution >= 4 is 0 Å². The predicted molar refractivity (Wildman–Crippen MR) is 106 cm³/mol. The number of nitrogens with zero attached hydrogens (tertiary/aromatic N) is 1. The van der Waals surface area contributed by atoms with Crippen LogP contribution in [0, 0.1) is 12.5 Å². The maximum atomic E-state index is 9.96. The molecule has 0 spiro atoms. The number of rotatable bonds is 4. The van der Waals surface area contributed by atoms with Crippen molar-refractivity contribution in [1.29, 1.82) is 0 Å². The van der Waals surface area contributed by atoms with E-state index < -0.39 is 11.1 Å². The number of ether oxygens (including phenoxy) is 4. The van der Waals surface area contributed by atoms with E-state index >= 15 is 0 Å². The number of benzene rings is 2. The lowest BCUT2D eigenvalue weighted by Crippen LogP contribution is -2.48. The minimum Gasteiger partial charge on any atom is -0.504 e. The SMILES string of the molecule is C#[N+]C12COC(c3ccc(O)c(OC)c3)C1COC2(C)c1ccc(O)c(OC)c1. The molecule has 7 nitrogen and oxygen atoms in total. The predicted octanol–water partition coefficient (Wildman–Crippen LogP) is 3.45. The molecule has 2 aliphatic heterocycles. The van der Waals surface area contributed by atoms with Crippen LogP contribution in [-0.2, 0) is 15.1 Å². The highest BCUT2D eigenvalue weighted by atomic mass is 16.5. The summed E-state index contributed by atoms with van der Waals surface area (Å²) in [4.78, 5) is 4.29. The van der Waals surface area contributed by atoms with Crippen molar-refractivity contribution in [3.63, 3.8) is 0 Å². The Morgan fingerprint density at radius 2 is 1.72 bits per heavy atom. The van der Waals surface area contributed by atoms with E-state index in [4.69, 9.17) is 25.5 Å². The molecular formula is C22H24NO6+. The molecule has 0 saturated carbocycles. The molecule has 152 valence electrons. The maximum absolute atomic E-state index is 9.96. The molecule has 2 saturated heterocycles. The third-order valence-electron chi connectivity index (χ3n) is 6.33. The fourth-order valence-corrected chi connectivity index (χ4v) is 4.55. The Hall–Kier alpha value is -2.95. The summed E-state index contributed by atoms with van der Waals surface area (Å²) in [6.07, 6.45) is -0.322. The van der Waals surface area contributed by atoms with Crippen molar-refractivity contribution in [1.82, 2.24) is 0 Å². The third kappa shape index (κ3) is 2.64. The van der Waals surface area contributed by atoms with Gasteiger partial charge in [-0.05, 0) is 42.3 Å². The Morgan fingerprint density at radius 1 is 1.07 bits per heavy atom. The zero-order chi connectivity index (χ0) is 20.8. The van der Waals surface area contributed by atoms with Gasteiger partial charge in [0.1, 0.15) is 12.5 Å². The van der Waals surface area contributed by atoms with Crippen LogP contribution >= 0.6 is 0 Å². The molecule has 2 heterocycles. The number of fused-ring (bicyclic) bond motifs is 1. The summed E-state index contributed by atoms with van der Waals surface area (Å²) in [6.45, 7) is 8.54. The first-order valence-electron chi connectivity index (χ1n) is 9.32. The highest BCUT2D eigenvalue weighted by molar-refractivity contribution is 5.48. The van der Waals surface area contributed by atoms with Crippen LogP contribution in [0.3, 0.4) is 0 Å². The van der Waals surface area contributed by atoms with Crippen molar-refractivity contribution in [3.05, 3.63) is 52.4 Å². The van der Waals surface area contributed by atoms with E-state index in [1.165, 1.54) is 14.2 Å². The quantitative estimate of drug-likeness (QED) is 0.821. The molecule has 2 aliphatic rings. The highest BCUT2D eigenvalue weighted by Gasteiger charge is 2.75. The van der Waals surface area contributed by atoms with E-state index in [2.05, 4.69) is 4.85 Å². The minimum atomic E-state index is -0.872. The average Bonchev–Trinajstić information content (AvgIpc) is 3.25. The van der Waals surface area contributed by atoms with Crippen LogP contribution in [0.1, 0.15) is 24.2 Å². The minimum absolute atomic E-state index is 0.0462. The molecule has 0 aromatic heterocycles. The largest absolute Gasteiger partial charge is 0.504 e. The molecule has 2 aromatic rings. The molecule has 0 aliphatic carbocycles. The molecule has 2 fully saturated rings. The summed E-state index contributed by atoms with van der Waals surface area (Å²) >= 11 is 0. The molecule has 0 amide bonds. The highest BCUT2D eigenvalue weighted by Crippen LogP contribution is 2.59. The molecule has 4 atom stereocenters. The van der Waals surface area contributed by atoms with Gasteiger partial charge in [-0.3, -0.25) is 0 Å². The molecule has 4 unspecified atom stereocenters. The van der Waals surface area contributed by atoms with E-state index in [9.17, 15) is 10.2 Å². The summed E-state index contributed by atoms with van der Waals surface area (Å²) in [6, 6.07) is 10.2. The lowest BCUT2D eigenvalue weighted by Gasteiger charge is -2.29. The van der Waals surface area contributed by atoms with Gasteiger partial charge in [-0.15, -0.1) is 0 Å². The van der Waals surface area contributed by atoms with Gasteiger partial charge in [-0.25, -0.2) is 0 Å². The van der Waals surface area contributed by atoms with Crippen LogP contribution in [0.4, 0.5) is 0 Å². The van der Waals surface area contributed by atoms with Gasteiger partial charge in [-0.1, -0.05) is 17.0 Å². The van der Waals surface area contributed by atoms with Gasteiger partial charge < -0.3 is 29.2 Å². The van der Waals surface area contributed by atoms with E-state index in [0.29, 0.717) is 18.1 Å². The fourth-order valence-electron chi connectivity index (χ4n) is 4.55. The molecule has 29 heavy (non-hydrogen) atoms. The van der Waals surface area contributed by atoms with Gasteiger partial charge in [0, 0.05) is 0 Å². The third-order valence-corrected chi connectivity index (χ3v) is 6.33. The number of phenols is 2. The van der Waals surface area contributed by atoms with Gasteiger partial charge in [0.05, 0.1) is 26.9 Å². The standard InChI is InChI=1S/C22H23NO6/c1-21(14-6-8-17(25)19(10-14)27-4)22(23-2)12-28-20(15(22)11-29-21)13-5-7-16(24)18(9-13)26-3/h2,5-10,15,20H,11-12H2,1,3-4H3,(H-,24,25)/p+1. The van der Waals surface area contributed by atoms with E-state index in [1.54, 1.807) is 36.4 Å². The number of hydrogen-bond donors (Lipinski definition) is 2. The maximum Gasteiger partial charge on any atom is 0.343 e. The second-order valence-corrected chi connectivity index (χ2v) is 7.55. The fraction of sp³-hybridized carbons (Fsp3) is 0.409. The Morgan fingerprint density at radius 3 is 2.38 bits per heavy atom. The van der Waals surface area contributed by atoms with E-state index in [-0.39, 0.29) is 30.1 Å². The second-order valence-electron chi connectivity index (χ2n) is 7.55. The summed E-state index contributed by atoms with van der Waals surface area (Å²) in [5, 5.41) is 19.9. The normalized spacial score (nSPS) is 30.6. The number of phenolic OH excluding ortho intramolecular Hbond substituents is 2.